The number of nitrogens with zero attached hydrogens (tertiary/aromatic N) is 4. The molecule has 0 spiro atoms. The quantitative estimate of drug-likeness (QED) is 0.765. The van der Waals surface area contributed by atoms with E-state index in [2.05, 4.69) is 4.98 Å². The number of alkyl halides is 2. The number of likely N-dealkylation sites (tertiary alicyclic amines) is 2. The summed E-state index contributed by atoms with van der Waals surface area (Å²) in [7, 11) is 0. The number of carbonyl (C=O) groups excluding carboxylic acids is 2. The zero-order valence-electron chi connectivity index (χ0n) is 15.2. The van der Waals surface area contributed by atoms with Gasteiger partial charge in [0, 0.05) is 23.8 Å². The maximum absolute atomic E-state index is 15.4. The molecular weight excluding hydrogens is 390 g/mol. The highest BCUT2D eigenvalue weighted by Crippen LogP contribution is 2.47. The van der Waals surface area contributed by atoms with Crippen LogP contribution in [-0.2, 0) is 4.79 Å². The van der Waals surface area contributed by atoms with Crippen molar-refractivity contribution in [3.05, 3.63) is 33.2 Å². The molecule has 2 atom stereocenters. The Bertz CT molecular complexity index is 1080. The Morgan fingerprint density at radius 2 is 2.04 bits per heavy atom. The third-order valence-corrected chi connectivity index (χ3v) is 6.76. The van der Waals surface area contributed by atoms with Crippen molar-refractivity contribution in [2.45, 2.75) is 31.1 Å². The van der Waals surface area contributed by atoms with E-state index in [0.29, 0.717) is 17.4 Å². The van der Waals surface area contributed by atoms with Crippen molar-refractivity contribution in [3.63, 3.8) is 0 Å². The minimum atomic E-state index is -2.76. The lowest BCUT2D eigenvalue weighted by Crippen LogP contribution is -2.47. The first-order valence-electron chi connectivity index (χ1n) is 9.16. The molecule has 2 aromatic heterocycles. The second-order valence-corrected chi connectivity index (χ2v) is 9.24. The van der Waals surface area contributed by atoms with E-state index in [-0.39, 0.29) is 12.1 Å². The molecule has 0 N–H and O–H groups in total. The maximum atomic E-state index is 15.4. The SMILES string of the molecule is Cc1cn2c(=O)c(C(=O)N3C[C@@]4(F)CN(CC5CC5)C(=O)[C@@]4(F)C3)cnc2s1. The molecule has 0 radical (unpaired) electrons. The topological polar surface area (TPSA) is 75.0 Å². The van der Waals surface area contributed by atoms with E-state index in [1.165, 1.54) is 20.6 Å². The van der Waals surface area contributed by atoms with Gasteiger partial charge in [0.25, 0.3) is 17.4 Å². The first-order chi connectivity index (χ1) is 13.2. The summed E-state index contributed by atoms with van der Waals surface area (Å²) >= 11 is 1.30. The highest BCUT2D eigenvalue weighted by Gasteiger charge is 2.72. The van der Waals surface area contributed by atoms with Crippen molar-refractivity contribution in [1.29, 1.82) is 0 Å². The molecule has 7 nitrogen and oxygen atoms in total. The second-order valence-electron chi connectivity index (χ2n) is 8.03. The number of thiazole rings is 1. The maximum Gasteiger partial charge on any atom is 0.271 e. The predicted octanol–water partition coefficient (Wildman–Crippen LogP) is 1.19. The molecule has 2 amide bonds. The summed E-state index contributed by atoms with van der Waals surface area (Å²) in [6, 6.07) is 0. The number of hydrogen-bond donors (Lipinski definition) is 0. The van der Waals surface area contributed by atoms with E-state index >= 15 is 8.78 Å². The Labute approximate surface area is 162 Å². The van der Waals surface area contributed by atoms with Gasteiger partial charge in [0.05, 0.1) is 19.6 Å². The summed E-state index contributed by atoms with van der Waals surface area (Å²) in [6.07, 6.45) is 4.64. The molecule has 0 bridgehead atoms. The Morgan fingerprint density at radius 1 is 1.29 bits per heavy atom. The van der Waals surface area contributed by atoms with Crippen LogP contribution in [0.15, 0.2) is 17.2 Å². The lowest BCUT2D eigenvalue weighted by molar-refractivity contribution is -0.139. The van der Waals surface area contributed by atoms with Gasteiger partial charge >= 0.3 is 0 Å². The van der Waals surface area contributed by atoms with Crippen molar-refractivity contribution in [3.8, 4) is 0 Å². The standard InChI is InChI=1S/C18H18F2N4O3S/c1-10-5-24-14(26)12(4-21-16(24)28-10)13(25)23-8-17(19)7-22(6-11-2-3-11)15(27)18(17,20)9-23/h4-5,11H,2-3,6-9H2,1H3/t17-,18-/m0/s1. The van der Waals surface area contributed by atoms with Crippen LogP contribution >= 0.6 is 11.3 Å². The van der Waals surface area contributed by atoms with E-state index in [1.807, 2.05) is 0 Å². The fourth-order valence-corrected chi connectivity index (χ4v) is 4.95. The molecule has 1 saturated carbocycles. The summed E-state index contributed by atoms with van der Waals surface area (Å²) in [5.41, 5.74) is -6.06. The normalized spacial score (nSPS) is 29.8. The lowest BCUT2D eigenvalue weighted by Gasteiger charge is -2.22. The Hall–Kier alpha value is -2.36. The minimum Gasteiger partial charge on any atom is -0.336 e. The summed E-state index contributed by atoms with van der Waals surface area (Å²) < 4.78 is 32.1. The van der Waals surface area contributed by atoms with Crippen LogP contribution in [0.4, 0.5) is 8.78 Å². The molecule has 4 heterocycles. The first kappa shape index (κ1) is 17.7. The summed E-state index contributed by atoms with van der Waals surface area (Å²) in [4.78, 5) is 45.5. The van der Waals surface area contributed by atoms with Crippen LogP contribution < -0.4 is 5.56 Å². The van der Waals surface area contributed by atoms with Gasteiger partial charge < -0.3 is 9.80 Å². The smallest absolute Gasteiger partial charge is 0.271 e. The first-order valence-corrected chi connectivity index (χ1v) is 9.98. The second kappa shape index (κ2) is 5.59. The van der Waals surface area contributed by atoms with Crippen molar-refractivity contribution >= 4 is 28.1 Å². The molecular formula is C18H18F2N4O3S. The molecule has 3 fully saturated rings. The molecule has 3 aliphatic rings. The Morgan fingerprint density at radius 3 is 2.71 bits per heavy atom. The average Bonchev–Trinajstić information content (AvgIpc) is 3.26. The lowest BCUT2D eigenvalue weighted by atomic mass is 9.93. The fraction of sp³-hybridized carbons (Fsp3) is 0.556. The average molecular weight is 408 g/mol. The Kier molecular flexibility index (Phi) is 3.54. The number of halogens is 2. The van der Waals surface area contributed by atoms with E-state index in [1.54, 1.807) is 13.1 Å². The molecule has 28 heavy (non-hydrogen) atoms. The van der Waals surface area contributed by atoms with Crippen molar-refractivity contribution in [2.24, 2.45) is 5.92 Å². The third-order valence-electron chi connectivity index (χ3n) is 5.84. The molecule has 0 unspecified atom stereocenters. The van der Waals surface area contributed by atoms with Crippen LogP contribution in [0.3, 0.4) is 0 Å². The molecule has 2 saturated heterocycles. The van der Waals surface area contributed by atoms with Gasteiger partial charge in [-0.3, -0.25) is 18.8 Å². The summed E-state index contributed by atoms with van der Waals surface area (Å²) in [6.45, 7) is 0.569. The number of fused-ring (bicyclic) bond motifs is 2. The van der Waals surface area contributed by atoms with Crippen molar-refractivity contribution in [2.75, 3.05) is 26.2 Å². The van der Waals surface area contributed by atoms with Crippen molar-refractivity contribution in [1.82, 2.24) is 19.2 Å². The molecule has 2 aromatic rings. The predicted molar refractivity (Wildman–Crippen MR) is 97.0 cm³/mol. The van der Waals surface area contributed by atoms with E-state index in [0.717, 1.165) is 28.8 Å². The van der Waals surface area contributed by atoms with E-state index < -0.39 is 41.8 Å². The van der Waals surface area contributed by atoms with Gasteiger partial charge in [0.2, 0.25) is 5.67 Å². The van der Waals surface area contributed by atoms with Crippen LogP contribution in [0, 0.1) is 12.8 Å². The summed E-state index contributed by atoms with van der Waals surface area (Å²) in [5.74, 6) is -1.38. The van der Waals surface area contributed by atoms with Gasteiger partial charge in [0.15, 0.2) is 10.6 Å². The van der Waals surface area contributed by atoms with Gasteiger partial charge in [-0.25, -0.2) is 13.8 Å². The van der Waals surface area contributed by atoms with Gasteiger partial charge in [-0.2, -0.15) is 0 Å². The minimum absolute atomic E-state index is 0.259. The van der Waals surface area contributed by atoms with Gasteiger partial charge in [-0.05, 0) is 25.7 Å². The van der Waals surface area contributed by atoms with Gasteiger partial charge in [-0.1, -0.05) is 0 Å². The number of hydrogen-bond acceptors (Lipinski definition) is 5. The van der Waals surface area contributed by atoms with Gasteiger partial charge in [0.1, 0.15) is 5.56 Å². The zero-order valence-corrected chi connectivity index (χ0v) is 16.0. The highest BCUT2D eigenvalue weighted by molar-refractivity contribution is 7.16. The number of aromatic nitrogens is 2. The molecule has 5 rings (SSSR count). The number of amides is 2. The van der Waals surface area contributed by atoms with Crippen LogP contribution in [0.5, 0.6) is 0 Å². The highest BCUT2D eigenvalue weighted by atomic mass is 32.1. The third kappa shape index (κ3) is 2.36. The van der Waals surface area contributed by atoms with Crippen molar-refractivity contribution < 1.29 is 18.4 Å². The number of aryl methyl sites for hydroxylation is 1. The summed E-state index contributed by atoms with van der Waals surface area (Å²) in [5, 5.41) is 0. The molecule has 0 aromatic carbocycles. The molecule has 148 valence electrons. The number of rotatable bonds is 3. The number of carbonyl (C=O) groups is 2. The fourth-order valence-electron chi connectivity index (χ4n) is 4.16. The van der Waals surface area contributed by atoms with Crippen LogP contribution in [0.1, 0.15) is 28.1 Å². The van der Waals surface area contributed by atoms with Gasteiger partial charge in [-0.15, -0.1) is 11.3 Å². The largest absolute Gasteiger partial charge is 0.336 e. The zero-order chi connectivity index (χ0) is 19.8. The van der Waals surface area contributed by atoms with E-state index in [4.69, 9.17) is 0 Å². The Balaban J connectivity index is 1.43. The molecule has 2 aliphatic heterocycles. The van der Waals surface area contributed by atoms with Crippen LogP contribution in [0.25, 0.3) is 4.96 Å². The van der Waals surface area contributed by atoms with Crippen LogP contribution in [-0.4, -0.2) is 68.5 Å². The monoisotopic (exact) mass is 408 g/mol. The molecule has 10 heteroatoms. The van der Waals surface area contributed by atoms with E-state index in [9.17, 15) is 14.4 Å². The molecule has 1 aliphatic carbocycles. The van der Waals surface area contributed by atoms with Crippen LogP contribution in [0.2, 0.25) is 0 Å².